The second-order valence-corrected chi connectivity index (χ2v) is 8.16. The Morgan fingerprint density at radius 1 is 1.16 bits per heavy atom. The number of thioether (sulfide) groups is 1. The molecule has 0 aliphatic heterocycles. The highest BCUT2D eigenvalue weighted by Crippen LogP contribution is 2.42. The Bertz CT molecular complexity index is 738. The molecular formula is C19H22N2O2S2. The number of amides is 2. The van der Waals surface area contributed by atoms with Crippen LogP contribution in [0.25, 0.3) is 0 Å². The lowest BCUT2D eigenvalue weighted by molar-refractivity contribution is -0.136. The molecule has 0 spiro atoms. The van der Waals surface area contributed by atoms with Crippen molar-refractivity contribution in [3.63, 3.8) is 0 Å². The molecule has 1 saturated carbocycles. The maximum absolute atomic E-state index is 12.2. The van der Waals surface area contributed by atoms with Crippen molar-refractivity contribution in [3.8, 4) is 0 Å². The third kappa shape index (κ3) is 4.25. The SMILES string of the molecule is CSc1cccc(NC(=O)C(=O)NCC2(c3cccs3)CCCC2)c1. The molecule has 0 saturated heterocycles. The van der Waals surface area contributed by atoms with Crippen molar-refractivity contribution >= 4 is 40.6 Å². The molecule has 2 N–H and O–H groups in total. The van der Waals surface area contributed by atoms with E-state index < -0.39 is 11.8 Å². The molecule has 2 amide bonds. The van der Waals surface area contributed by atoms with Gasteiger partial charge in [0, 0.05) is 27.4 Å². The molecule has 0 unspecified atom stereocenters. The minimum Gasteiger partial charge on any atom is -0.347 e. The second kappa shape index (κ2) is 8.06. The number of hydrogen-bond acceptors (Lipinski definition) is 4. The summed E-state index contributed by atoms with van der Waals surface area (Å²) < 4.78 is 0. The molecule has 3 rings (SSSR count). The normalized spacial score (nSPS) is 15.7. The van der Waals surface area contributed by atoms with E-state index in [2.05, 4.69) is 22.1 Å². The molecule has 1 aromatic heterocycles. The number of carbonyl (C=O) groups is 2. The summed E-state index contributed by atoms with van der Waals surface area (Å²) in [6, 6.07) is 11.7. The maximum atomic E-state index is 12.2. The van der Waals surface area contributed by atoms with Gasteiger partial charge in [-0.3, -0.25) is 9.59 Å². The van der Waals surface area contributed by atoms with Crippen LogP contribution in [0, 0.1) is 0 Å². The highest BCUT2D eigenvalue weighted by atomic mass is 32.2. The Hall–Kier alpha value is -1.79. The van der Waals surface area contributed by atoms with E-state index in [0.717, 1.165) is 17.7 Å². The van der Waals surface area contributed by atoms with Crippen molar-refractivity contribution in [1.29, 1.82) is 0 Å². The van der Waals surface area contributed by atoms with Crippen molar-refractivity contribution in [1.82, 2.24) is 5.32 Å². The number of hydrogen-bond donors (Lipinski definition) is 2. The first-order chi connectivity index (χ1) is 12.1. The average Bonchev–Trinajstić information content (AvgIpc) is 3.32. The first kappa shape index (κ1) is 18.0. The largest absolute Gasteiger partial charge is 0.347 e. The van der Waals surface area contributed by atoms with Gasteiger partial charge < -0.3 is 10.6 Å². The van der Waals surface area contributed by atoms with Crippen LogP contribution in [0.1, 0.15) is 30.6 Å². The summed E-state index contributed by atoms with van der Waals surface area (Å²) in [5.74, 6) is -1.19. The zero-order valence-electron chi connectivity index (χ0n) is 14.2. The first-order valence-electron chi connectivity index (χ1n) is 8.40. The highest BCUT2D eigenvalue weighted by Gasteiger charge is 2.37. The van der Waals surface area contributed by atoms with E-state index in [1.807, 2.05) is 30.5 Å². The number of rotatable bonds is 5. The Labute approximate surface area is 156 Å². The standard InChI is InChI=1S/C19H22N2O2S2/c1-24-15-7-4-6-14(12-15)21-18(23)17(22)20-13-19(9-2-3-10-19)16-8-5-11-25-16/h4-8,11-12H,2-3,9-10,13H2,1H3,(H,20,22)(H,21,23). The van der Waals surface area contributed by atoms with Crippen LogP contribution in [0.4, 0.5) is 5.69 Å². The fourth-order valence-electron chi connectivity index (χ4n) is 3.36. The molecule has 4 nitrogen and oxygen atoms in total. The molecule has 1 aliphatic rings. The molecule has 1 aromatic carbocycles. The van der Waals surface area contributed by atoms with Crippen LogP contribution in [-0.4, -0.2) is 24.6 Å². The van der Waals surface area contributed by atoms with Gasteiger partial charge in [-0.1, -0.05) is 25.0 Å². The van der Waals surface area contributed by atoms with E-state index in [-0.39, 0.29) is 5.41 Å². The number of benzene rings is 1. The van der Waals surface area contributed by atoms with E-state index in [9.17, 15) is 9.59 Å². The summed E-state index contributed by atoms with van der Waals surface area (Å²) >= 11 is 3.32. The van der Waals surface area contributed by atoms with Crippen LogP contribution >= 0.6 is 23.1 Å². The first-order valence-corrected chi connectivity index (χ1v) is 10.5. The molecular weight excluding hydrogens is 352 g/mol. The minimum absolute atomic E-state index is 0.0110. The molecule has 6 heteroatoms. The van der Waals surface area contributed by atoms with Crippen LogP contribution in [-0.2, 0) is 15.0 Å². The molecule has 2 aromatic rings. The lowest BCUT2D eigenvalue weighted by Gasteiger charge is -2.28. The predicted octanol–water partition coefficient (Wildman–Crippen LogP) is 4.04. The van der Waals surface area contributed by atoms with E-state index in [0.29, 0.717) is 12.2 Å². The monoisotopic (exact) mass is 374 g/mol. The molecule has 132 valence electrons. The van der Waals surface area contributed by atoms with Crippen molar-refractivity contribution in [2.75, 3.05) is 18.1 Å². The number of carbonyl (C=O) groups excluding carboxylic acids is 2. The predicted molar refractivity (Wildman–Crippen MR) is 104 cm³/mol. The van der Waals surface area contributed by atoms with Crippen LogP contribution in [0.5, 0.6) is 0 Å². The third-order valence-electron chi connectivity index (χ3n) is 4.73. The molecule has 25 heavy (non-hydrogen) atoms. The molecule has 1 heterocycles. The summed E-state index contributed by atoms with van der Waals surface area (Å²) in [4.78, 5) is 26.8. The molecule has 1 fully saturated rings. The molecule has 0 atom stereocenters. The van der Waals surface area contributed by atoms with Gasteiger partial charge in [0.05, 0.1) is 0 Å². The second-order valence-electron chi connectivity index (χ2n) is 6.33. The van der Waals surface area contributed by atoms with Crippen LogP contribution < -0.4 is 10.6 Å². The topological polar surface area (TPSA) is 58.2 Å². The lowest BCUT2D eigenvalue weighted by atomic mass is 9.84. The quantitative estimate of drug-likeness (QED) is 0.613. The van der Waals surface area contributed by atoms with E-state index in [1.165, 1.54) is 17.7 Å². The number of nitrogens with one attached hydrogen (secondary N) is 2. The lowest BCUT2D eigenvalue weighted by Crippen LogP contribution is -2.43. The van der Waals surface area contributed by atoms with Crippen LogP contribution in [0.3, 0.4) is 0 Å². The van der Waals surface area contributed by atoms with Gasteiger partial charge in [-0.25, -0.2) is 0 Å². The van der Waals surface area contributed by atoms with Crippen molar-refractivity contribution in [2.45, 2.75) is 36.0 Å². The summed E-state index contributed by atoms with van der Waals surface area (Å²) in [7, 11) is 0. The summed E-state index contributed by atoms with van der Waals surface area (Å²) in [6.07, 6.45) is 6.43. The third-order valence-corrected chi connectivity index (χ3v) is 6.57. The van der Waals surface area contributed by atoms with Gasteiger partial charge in [-0.2, -0.15) is 0 Å². The highest BCUT2D eigenvalue weighted by molar-refractivity contribution is 7.98. The Kier molecular flexibility index (Phi) is 5.81. The van der Waals surface area contributed by atoms with Crippen molar-refractivity contribution < 1.29 is 9.59 Å². The fourth-order valence-corrected chi connectivity index (χ4v) is 4.81. The van der Waals surface area contributed by atoms with Crippen LogP contribution in [0.2, 0.25) is 0 Å². The zero-order valence-corrected chi connectivity index (χ0v) is 15.8. The van der Waals surface area contributed by atoms with Gasteiger partial charge in [0.15, 0.2) is 0 Å². The van der Waals surface area contributed by atoms with Gasteiger partial charge in [0.25, 0.3) is 0 Å². The van der Waals surface area contributed by atoms with Gasteiger partial charge >= 0.3 is 11.8 Å². The van der Waals surface area contributed by atoms with E-state index in [4.69, 9.17) is 0 Å². The average molecular weight is 375 g/mol. The van der Waals surface area contributed by atoms with Gasteiger partial charge in [-0.05, 0) is 48.7 Å². The summed E-state index contributed by atoms with van der Waals surface area (Å²) in [5, 5.41) is 7.60. The smallest absolute Gasteiger partial charge is 0.313 e. The Balaban J connectivity index is 1.60. The summed E-state index contributed by atoms with van der Waals surface area (Å²) in [6.45, 7) is 0.518. The van der Waals surface area contributed by atoms with E-state index in [1.54, 1.807) is 29.2 Å². The number of thiophene rings is 1. The van der Waals surface area contributed by atoms with Gasteiger partial charge in [0.1, 0.15) is 0 Å². The molecule has 0 bridgehead atoms. The van der Waals surface area contributed by atoms with Gasteiger partial charge in [-0.15, -0.1) is 23.1 Å². The van der Waals surface area contributed by atoms with Crippen molar-refractivity contribution in [3.05, 3.63) is 46.7 Å². The minimum atomic E-state index is -0.613. The Morgan fingerprint density at radius 3 is 2.64 bits per heavy atom. The summed E-state index contributed by atoms with van der Waals surface area (Å²) in [5.41, 5.74) is 0.629. The number of anilines is 1. The maximum Gasteiger partial charge on any atom is 0.313 e. The van der Waals surface area contributed by atoms with Crippen LogP contribution in [0.15, 0.2) is 46.7 Å². The molecule has 0 radical (unpaired) electrons. The molecule has 1 aliphatic carbocycles. The van der Waals surface area contributed by atoms with Gasteiger partial charge in [0.2, 0.25) is 0 Å². The van der Waals surface area contributed by atoms with E-state index >= 15 is 0 Å². The fraction of sp³-hybridized carbons (Fsp3) is 0.368. The zero-order chi connectivity index (χ0) is 17.7. The van der Waals surface area contributed by atoms with Crippen molar-refractivity contribution in [2.24, 2.45) is 0 Å². The Morgan fingerprint density at radius 2 is 1.96 bits per heavy atom.